The highest BCUT2D eigenvalue weighted by molar-refractivity contribution is 5.83. The van der Waals surface area contributed by atoms with Gasteiger partial charge in [0.2, 0.25) is 0 Å². The predicted molar refractivity (Wildman–Crippen MR) is 119 cm³/mol. The highest BCUT2D eigenvalue weighted by Crippen LogP contribution is 2.19. The van der Waals surface area contributed by atoms with Gasteiger partial charge in [-0.3, -0.25) is 4.79 Å². The van der Waals surface area contributed by atoms with Gasteiger partial charge in [-0.15, -0.1) is 0 Å². The van der Waals surface area contributed by atoms with Gasteiger partial charge in [0.25, 0.3) is 0 Å². The van der Waals surface area contributed by atoms with Crippen LogP contribution in [-0.2, 0) is 4.79 Å². The second kappa shape index (κ2) is 12.9. The van der Waals surface area contributed by atoms with Crippen LogP contribution in [0.5, 0.6) is 0 Å². The van der Waals surface area contributed by atoms with Crippen molar-refractivity contribution >= 4 is 5.78 Å². The van der Waals surface area contributed by atoms with Crippen molar-refractivity contribution in [2.24, 2.45) is 10.8 Å². The Kier molecular flexibility index (Phi) is 18.3. The van der Waals surface area contributed by atoms with Crippen LogP contribution in [-0.4, -0.2) is 70.1 Å². The Morgan fingerprint density at radius 3 is 1.20 bits per heavy atom. The summed E-state index contributed by atoms with van der Waals surface area (Å²) in [6.45, 7) is 15.0. The summed E-state index contributed by atoms with van der Waals surface area (Å²) in [5.41, 5.74) is 0.320. The van der Waals surface area contributed by atoms with Crippen molar-refractivity contribution in [1.82, 2.24) is 0 Å². The third-order valence-corrected chi connectivity index (χ3v) is 3.38. The summed E-state index contributed by atoms with van der Waals surface area (Å²) in [6, 6.07) is 0. The van der Waals surface area contributed by atoms with Gasteiger partial charge >= 0.3 is 0 Å². The Balaban J connectivity index is -0.0000000964. The lowest BCUT2D eigenvalue weighted by molar-refractivity contribution is -0.871. The fraction of sp³-hybridized carbons (Fsp3) is 0.864. The van der Waals surface area contributed by atoms with Gasteiger partial charge in [-0.25, -0.2) is 0 Å². The van der Waals surface area contributed by atoms with E-state index in [1.165, 1.54) is 13.0 Å². The van der Waals surface area contributed by atoms with E-state index in [2.05, 4.69) is 63.1 Å². The van der Waals surface area contributed by atoms with Crippen molar-refractivity contribution in [3.8, 4) is 0 Å². The molecule has 0 aliphatic carbocycles. The smallest absolute Gasteiger partial charge is 0.143 e. The van der Waals surface area contributed by atoms with Crippen LogP contribution >= 0.6 is 0 Å². The fourth-order valence-electron chi connectivity index (χ4n) is 1.48. The average Bonchev–Trinajstić information content (AvgIpc) is 2.20. The zero-order chi connectivity index (χ0) is 18.4. The number of rotatable bonds is 5. The van der Waals surface area contributed by atoms with Crippen molar-refractivity contribution in [3.05, 3.63) is 14.9 Å². The molecule has 0 bridgehead atoms. The second-order valence-corrected chi connectivity index (χ2v) is 10.8. The molecule has 0 aromatic rings. The van der Waals surface area contributed by atoms with Crippen LogP contribution in [0.15, 0.2) is 0 Å². The summed E-state index contributed by atoms with van der Waals surface area (Å²) >= 11 is 0. The maximum absolute atomic E-state index is 11.5. The van der Waals surface area contributed by atoms with Crippen LogP contribution in [0.4, 0.5) is 0 Å². The van der Waals surface area contributed by atoms with E-state index in [1.54, 1.807) is 0 Å². The molecule has 0 N–H and O–H groups in total. The highest BCUT2D eigenvalue weighted by Gasteiger charge is 2.22. The van der Waals surface area contributed by atoms with Crippen molar-refractivity contribution < 1.29 is 13.8 Å². The van der Waals surface area contributed by atoms with Crippen LogP contribution in [0.1, 0.15) is 61.8 Å². The van der Waals surface area contributed by atoms with Crippen LogP contribution in [0.3, 0.4) is 0 Å². The molecule has 0 heterocycles. The van der Waals surface area contributed by atoms with E-state index in [0.717, 1.165) is 15.5 Å². The Bertz CT molecular complexity index is 306. The van der Waals surface area contributed by atoms with E-state index in [4.69, 9.17) is 0 Å². The lowest BCUT2D eigenvalue weighted by atomic mass is 9.89. The molecular weight excluding hydrogens is 308 g/mol. The molecule has 0 atom stereocenters. The number of carbonyl (C=O) groups excluding carboxylic acids is 1. The first-order valence-corrected chi connectivity index (χ1v) is 8.48. The van der Waals surface area contributed by atoms with Crippen molar-refractivity contribution in [2.75, 3.05) is 55.4 Å². The molecule has 0 unspecified atom stereocenters. The molecule has 0 aliphatic rings. The molecule has 0 aliphatic heterocycles. The highest BCUT2D eigenvalue weighted by atomic mass is 16.1. The molecule has 3 heteroatoms. The molecule has 0 saturated heterocycles. The number of carbonyl (C=O) groups is 1. The number of nitrogens with zero attached hydrogens (tertiary/aromatic N) is 2. The molecular formula is C22H54N2O. The molecule has 0 amide bonds. The summed E-state index contributed by atoms with van der Waals surface area (Å²) in [4.78, 5) is 11.5. The lowest BCUT2D eigenvalue weighted by Gasteiger charge is -2.28. The van der Waals surface area contributed by atoms with Crippen LogP contribution < -0.4 is 0 Å². The molecule has 0 fully saturated rings. The van der Waals surface area contributed by atoms with E-state index in [1.807, 2.05) is 20.8 Å². The van der Waals surface area contributed by atoms with Gasteiger partial charge in [-0.1, -0.05) is 49.0 Å². The number of hydrogen-bond donors (Lipinski definition) is 0. The zero-order valence-electron chi connectivity index (χ0n) is 19.6. The third kappa shape index (κ3) is 31.8. The second-order valence-electron chi connectivity index (χ2n) is 10.8. The van der Waals surface area contributed by atoms with E-state index in [0.29, 0.717) is 17.6 Å². The van der Waals surface area contributed by atoms with Gasteiger partial charge in [0.05, 0.1) is 61.8 Å². The fourth-order valence-corrected chi connectivity index (χ4v) is 1.48. The van der Waals surface area contributed by atoms with Crippen LogP contribution in [0.25, 0.3) is 0 Å². The topological polar surface area (TPSA) is 17.1 Å². The SMILES string of the molecule is C.CC(C)(C)C(=O)CC[N+](C)(C)C.CC(C)(C)CC[N+](C)(C)C.[CH3-].[CH3-]. The Hall–Kier alpha value is -0.410. The molecule has 0 rings (SSSR count). The normalized spacial score (nSPS) is 11.8. The van der Waals surface area contributed by atoms with Crippen molar-refractivity contribution in [3.63, 3.8) is 0 Å². The minimum absolute atomic E-state index is 0. The maximum Gasteiger partial charge on any atom is 0.143 e. The van der Waals surface area contributed by atoms with Gasteiger partial charge in [0, 0.05) is 11.8 Å². The van der Waals surface area contributed by atoms with E-state index < -0.39 is 0 Å². The number of ketones is 1. The molecule has 0 spiro atoms. The molecule has 0 aromatic heterocycles. The first-order valence-electron chi connectivity index (χ1n) is 8.48. The molecule has 0 saturated carbocycles. The summed E-state index contributed by atoms with van der Waals surface area (Å²) in [5, 5.41) is 0. The molecule has 0 radical (unpaired) electrons. The summed E-state index contributed by atoms with van der Waals surface area (Å²) in [5.74, 6) is 0.357. The Labute approximate surface area is 163 Å². The van der Waals surface area contributed by atoms with Gasteiger partial charge in [-0.05, 0) is 5.41 Å². The predicted octanol–water partition coefficient (Wildman–Crippen LogP) is 5.36. The molecule has 0 aromatic carbocycles. The standard InChI is InChI=1S/C10H22NO.C9H22N.CH4.2CH3/c1-10(2,3)9(12)7-8-11(4,5)6;1-9(2,3)7-8-10(4,5)6;;;/h7-8H2,1-6H3;7-8H2,1-6H3;1H4;2*1H3/q2*+1;;2*-1. The minimum Gasteiger partial charge on any atom is -0.358 e. The Morgan fingerprint density at radius 1 is 0.720 bits per heavy atom. The van der Waals surface area contributed by atoms with Gasteiger partial charge in [0.15, 0.2) is 0 Å². The summed E-state index contributed by atoms with van der Waals surface area (Å²) < 4.78 is 1.94. The number of quaternary nitrogens is 2. The Morgan fingerprint density at radius 2 is 1.04 bits per heavy atom. The van der Waals surface area contributed by atoms with Crippen molar-refractivity contribution in [2.45, 2.75) is 61.8 Å². The molecule has 25 heavy (non-hydrogen) atoms. The van der Waals surface area contributed by atoms with Gasteiger partial charge < -0.3 is 23.8 Å². The van der Waals surface area contributed by atoms with Gasteiger partial charge in [-0.2, -0.15) is 0 Å². The largest absolute Gasteiger partial charge is 0.358 e. The van der Waals surface area contributed by atoms with E-state index in [-0.39, 0.29) is 27.7 Å². The first kappa shape index (κ1) is 35.7. The third-order valence-electron chi connectivity index (χ3n) is 3.38. The quantitative estimate of drug-likeness (QED) is 0.475. The monoisotopic (exact) mass is 362 g/mol. The van der Waals surface area contributed by atoms with Crippen LogP contribution in [0.2, 0.25) is 0 Å². The van der Waals surface area contributed by atoms with Crippen molar-refractivity contribution in [1.29, 1.82) is 0 Å². The molecule has 158 valence electrons. The van der Waals surface area contributed by atoms with Gasteiger partial charge in [0.1, 0.15) is 5.78 Å². The molecule has 3 nitrogen and oxygen atoms in total. The van der Waals surface area contributed by atoms with Crippen LogP contribution in [0, 0.1) is 25.7 Å². The van der Waals surface area contributed by atoms with E-state index in [9.17, 15) is 4.79 Å². The van der Waals surface area contributed by atoms with E-state index >= 15 is 0 Å². The number of Topliss-reactive ketones (excluding diaryl/α,β-unsaturated/α-hetero) is 1. The average molecular weight is 363 g/mol. The lowest BCUT2D eigenvalue weighted by Crippen LogP contribution is -2.37. The summed E-state index contributed by atoms with van der Waals surface area (Å²) in [7, 11) is 13.0. The number of hydrogen-bond acceptors (Lipinski definition) is 1. The zero-order valence-corrected chi connectivity index (χ0v) is 19.6. The summed E-state index contributed by atoms with van der Waals surface area (Å²) in [6.07, 6.45) is 1.99. The first-order chi connectivity index (χ1) is 9.33. The maximum atomic E-state index is 11.5. The minimum atomic E-state index is -0.171.